The van der Waals surface area contributed by atoms with Gasteiger partial charge in [-0.3, -0.25) is 9.59 Å². The van der Waals surface area contributed by atoms with Crippen molar-refractivity contribution in [1.29, 1.82) is 0 Å². The number of nitrogens with zero attached hydrogens (tertiary/aromatic N) is 2. The Morgan fingerprint density at radius 1 is 1.52 bits per heavy atom. The van der Waals surface area contributed by atoms with Gasteiger partial charge in [0.1, 0.15) is 11.9 Å². The first-order valence-electron chi connectivity index (χ1n) is 6.91. The Bertz CT molecular complexity index is 545. The standard InChI is InChI=1S/C15H19N3O2S/c1-3-6-11(2)15(20)18-10-21-9-12(18)14(19)17-13-7-4-5-8-16-13/h4-8,12H,3,9-10H2,1-2H3,(H,16,17,19)/b11-6-/t12-/m1/s1. The van der Waals surface area contributed by atoms with Crippen molar-refractivity contribution in [3.63, 3.8) is 0 Å². The molecule has 1 aromatic heterocycles. The molecule has 0 aromatic carbocycles. The molecule has 6 heteroatoms. The molecule has 0 aliphatic carbocycles. The van der Waals surface area contributed by atoms with E-state index < -0.39 is 6.04 Å². The largest absolute Gasteiger partial charge is 0.317 e. The number of pyridine rings is 1. The average molecular weight is 305 g/mol. The van der Waals surface area contributed by atoms with Crippen LogP contribution in [0.15, 0.2) is 36.0 Å². The minimum absolute atomic E-state index is 0.0666. The third-order valence-electron chi connectivity index (χ3n) is 3.21. The van der Waals surface area contributed by atoms with Crippen LogP contribution in [0.2, 0.25) is 0 Å². The smallest absolute Gasteiger partial charge is 0.250 e. The molecule has 0 radical (unpaired) electrons. The molecule has 1 atom stereocenters. The molecule has 0 bridgehead atoms. The Hall–Kier alpha value is -1.82. The predicted octanol–water partition coefficient (Wildman–Crippen LogP) is 2.28. The number of carbonyl (C=O) groups excluding carboxylic acids is 2. The van der Waals surface area contributed by atoms with E-state index in [4.69, 9.17) is 0 Å². The summed E-state index contributed by atoms with van der Waals surface area (Å²) < 4.78 is 0. The highest BCUT2D eigenvalue weighted by Gasteiger charge is 2.35. The minimum Gasteiger partial charge on any atom is -0.317 e. The van der Waals surface area contributed by atoms with Crippen molar-refractivity contribution in [3.05, 3.63) is 36.0 Å². The maximum absolute atomic E-state index is 12.4. The van der Waals surface area contributed by atoms with Gasteiger partial charge in [0.15, 0.2) is 0 Å². The Morgan fingerprint density at radius 3 is 3.00 bits per heavy atom. The van der Waals surface area contributed by atoms with Gasteiger partial charge in [0.2, 0.25) is 5.91 Å². The highest BCUT2D eigenvalue weighted by molar-refractivity contribution is 7.99. The summed E-state index contributed by atoms with van der Waals surface area (Å²) in [5, 5.41) is 2.76. The summed E-state index contributed by atoms with van der Waals surface area (Å²) in [6.07, 6.45) is 4.32. The number of carbonyl (C=O) groups is 2. The van der Waals surface area contributed by atoms with Crippen LogP contribution in [0.3, 0.4) is 0 Å². The van der Waals surface area contributed by atoms with E-state index in [2.05, 4.69) is 10.3 Å². The normalized spacial score (nSPS) is 18.7. The molecule has 112 valence electrons. The molecule has 0 saturated carbocycles. The second kappa shape index (κ2) is 7.26. The van der Waals surface area contributed by atoms with Crippen LogP contribution in [0.1, 0.15) is 20.3 Å². The Morgan fingerprint density at radius 2 is 2.33 bits per heavy atom. The fourth-order valence-corrected chi connectivity index (χ4v) is 3.28. The van der Waals surface area contributed by atoms with Gasteiger partial charge in [-0.15, -0.1) is 11.8 Å². The second-order valence-corrected chi connectivity index (χ2v) is 5.79. The van der Waals surface area contributed by atoms with Gasteiger partial charge in [-0.1, -0.05) is 19.1 Å². The quantitative estimate of drug-likeness (QED) is 0.867. The molecule has 1 aromatic rings. The Balaban J connectivity index is 2.06. The van der Waals surface area contributed by atoms with Gasteiger partial charge in [0.25, 0.3) is 5.91 Å². The molecule has 0 unspecified atom stereocenters. The van der Waals surface area contributed by atoms with Crippen molar-refractivity contribution in [1.82, 2.24) is 9.88 Å². The van der Waals surface area contributed by atoms with Gasteiger partial charge in [-0.25, -0.2) is 4.98 Å². The molecule has 1 N–H and O–H groups in total. The number of hydrogen-bond acceptors (Lipinski definition) is 4. The average Bonchev–Trinajstić information content (AvgIpc) is 2.97. The number of amides is 2. The molecule has 1 aliphatic rings. The topological polar surface area (TPSA) is 62.3 Å². The van der Waals surface area contributed by atoms with E-state index in [1.54, 1.807) is 41.9 Å². The lowest BCUT2D eigenvalue weighted by Crippen LogP contribution is -2.44. The van der Waals surface area contributed by atoms with Crippen molar-refractivity contribution in [2.75, 3.05) is 16.9 Å². The molecular weight excluding hydrogens is 286 g/mol. The third-order valence-corrected chi connectivity index (χ3v) is 4.22. The number of allylic oxidation sites excluding steroid dienone is 1. The van der Waals surface area contributed by atoms with E-state index in [-0.39, 0.29) is 11.8 Å². The van der Waals surface area contributed by atoms with Crippen molar-refractivity contribution in [3.8, 4) is 0 Å². The second-order valence-electron chi connectivity index (χ2n) is 4.79. The zero-order valence-electron chi connectivity index (χ0n) is 12.2. The van der Waals surface area contributed by atoms with Crippen LogP contribution >= 0.6 is 11.8 Å². The first kappa shape index (κ1) is 15.6. The van der Waals surface area contributed by atoms with E-state index >= 15 is 0 Å². The zero-order valence-corrected chi connectivity index (χ0v) is 13.0. The molecule has 1 aliphatic heterocycles. The summed E-state index contributed by atoms with van der Waals surface area (Å²) in [7, 11) is 0. The van der Waals surface area contributed by atoms with E-state index in [0.717, 1.165) is 6.42 Å². The van der Waals surface area contributed by atoms with Gasteiger partial charge >= 0.3 is 0 Å². The third kappa shape index (κ3) is 3.85. The highest BCUT2D eigenvalue weighted by Crippen LogP contribution is 2.23. The van der Waals surface area contributed by atoms with Crippen molar-refractivity contribution >= 4 is 29.4 Å². The number of thioether (sulfide) groups is 1. The van der Waals surface area contributed by atoms with Gasteiger partial charge in [0.05, 0.1) is 5.88 Å². The summed E-state index contributed by atoms with van der Waals surface area (Å²) in [6, 6.07) is 4.89. The maximum atomic E-state index is 12.4. The number of rotatable bonds is 4. The lowest BCUT2D eigenvalue weighted by Gasteiger charge is -2.23. The van der Waals surface area contributed by atoms with Crippen LogP contribution in [-0.4, -0.2) is 39.4 Å². The molecule has 1 saturated heterocycles. The SMILES string of the molecule is CC/C=C(/C)C(=O)N1CSC[C@@H]1C(=O)Nc1ccccn1. The van der Waals surface area contributed by atoms with Crippen LogP contribution in [0.4, 0.5) is 5.82 Å². The molecule has 5 nitrogen and oxygen atoms in total. The van der Waals surface area contributed by atoms with Crippen molar-refractivity contribution < 1.29 is 9.59 Å². The van der Waals surface area contributed by atoms with Gasteiger partial charge in [-0.2, -0.15) is 0 Å². The highest BCUT2D eigenvalue weighted by atomic mass is 32.2. The van der Waals surface area contributed by atoms with Crippen LogP contribution < -0.4 is 5.32 Å². The molecule has 2 rings (SSSR count). The summed E-state index contributed by atoms with van der Waals surface area (Å²) >= 11 is 1.59. The maximum Gasteiger partial charge on any atom is 0.250 e. The van der Waals surface area contributed by atoms with Crippen molar-refractivity contribution in [2.24, 2.45) is 0 Å². The fourth-order valence-electron chi connectivity index (χ4n) is 2.13. The van der Waals surface area contributed by atoms with E-state index in [9.17, 15) is 9.59 Å². The van der Waals surface area contributed by atoms with Crippen LogP contribution in [0.5, 0.6) is 0 Å². The molecule has 2 amide bonds. The summed E-state index contributed by atoms with van der Waals surface area (Å²) in [5.41, 5.74) is 0.690. The van der Waals surface area contributed by atoms with E-state index in [0.29, 0.717) is 23.0 Å². The first-order valence-corrected chi connectivity index (χ1v) is 8.06. The van der Waals surface area contributed by atoms with Gasteiger partial charge in [-0.05, 0) is 25.5 Å². The van der Waals surface area contributed by atoms with Crippen LogP contribution in [0.25, 0.3) is 0 Å². The Kier molecular flexibility index (Phi) is 5.38. The summed E-state index contributed by atoms with van der Waals surface area (Å²) in [6.45, 7) is 3.78. The van der Waals surface area contributed by atoms with Gasteiger partial charge < -0.3 is 10.2 Å². The molecule has 1 fully saturated rings. The fraction of sp³-hybridized carbons (Fsp3) is 0.400. The molecule has 2 heterocycles. The van der Waals surface area contributed by atoms with E-state index in [1.807, 2.05) is 19.1 Å². The molecule has 21 heavy (non-hydrogen) atoms. The Labute approximate surface area is 128 Å². The lowest BCUT2D eigenvalue weighted by molar-refractivity contribution is -0.133. The monoisotopic (exact) mass is 305 g/mol. The lowest BCUT2D eigenvalue weighted by atomic mass is 10.2. The van der Waals surface area contributed by atoms with E-state index in [1.165, 1.54) is 0 Å². The molecule has 0 spiro atoms. The van der Waals surface area contributed by atoms with Crippen LogP contribution in [0, 0.1) is 0 Å². The zero-order chi connectivity index (χ0) is 15.2. The molecular formula is C15H19N3O2S. The summed E-state index contributed by atoms with van der Waals surface area (Å²) in [4.78, 5) is 30.4. The first-order chi connectivity index (χ1) is 10.1. The number of anilines is 1. The number of aromatic nitrogens is 1. The van der Waals surface area contributed by atoms with Crippen LogP contribution in [-0.2, 0) is 9.59 Å². The van der Waals surface area contributed by atoms with Crippen molar-refractivity contribution in [2.45, 2.75) is 26.3 Å². The van der Waals surface area contributed by atoms with Gasteiger partial charge in [0, 0.05) is 17.5 Å². The summed E-state index contributed by atoms with van der Waals surface area (Å²) in [5.74, 6) is 1.42. The number of nitrogens with one attached hydrogen (secondary N) is 1. The minimum atomic E-state index is -0.440. The number of hydrogen-bond donors (Lipinski definition) is 1. The predicted molar refractivity (Wildman–Crippen MR) is 84.9 cm³/mol.